The number of nitrogens with zero attached hydrogens (tertiary/aromatic N) is 1. The van der Waals surface area contributed by atoms with Crippen molar-refractivity contribution < 1.29 is 9.53 Å². The summed E-state index contributed by atoms with van der Waals surface area (Å²) in [6.07, 6.45) is 3.40. The Morgan fingerprint density at radius 3 is 2.70 bits per heavy atom. The van der Waals surface area contributed by atoms with Gasteiger partial charge in [-0.15, -0.1) is 11.3 Å². The summed E-state index contributed by atoms with van der Waals surface area (Å²) in [6.45, 7) is 2.08. The van der Waals surface area contributed by atoms with Gasteiger partial charge < -0.3 is 15.4 Å². The summed E-state index contributed by atoms with van der Waals surface area (Å²) in [5, 5.41) is 6.49. The Kier molecular flexibility index (Phi) is 5.77. The fraction of sp³-hybridized carbons (Fsp3) is 0.0833. The Labute approximate surface area is 179 Å². The first-order chi connectivity index (χ1) is 14.6. The van der Waals surface area contributed by atoms with Crippen LogP contribution < -0.4 is 15.4 Å². The SMILES string of the molecule is COc1cccc(/C=C/NC(=O)Nc2ccc(-c3nc4ccc(C)cc4s3)cc2)c1. The van der Waals surface area contributed by atoms with Gasteiger partial charge in [0.25, 0.3) is 0 Å². The van der Waals surface area contributed by atoms with Gasteiger partial charge in [0.1, 0.15) is 10.8 Å². The monoisotopic (exact) mass is 415 g/mol. The molecule has 30 heavy (non-hydrogen) atoms. The highest BCUT2D eigenvalue weighted by atomic mass is 32.1. The van der Waals surface area contributed by atoms with Gasteiger partial charge in [0.2, 0.25) is 0 Å². The average Bonchev–Trinajstić information content (AvgIpc) is 3.17. The van der Waals surface area contributed by atoms with Crippen molar-refractivity contribution in [3.63, 3.8) is 0 Å². The highest BCUT2D eigenvalue weighted by Gasteiger charge is 2.07. The molecule has 1 heterocycles. The zero-order valence-corrected chi connectivity index (χ0v) is 17.5. The first-order valence-electron chi connectivity index (χ1n) is 9.46. The zero-order chi connectivity index (χ0) is 20.9. The summed E-state index contributed by atoms with van der Waals surface area (Å²) in [6, 6.07) is 21.2. The first kappa shape index (κ1) is 19.7. The van der Waals surface area contributed by atoms with E-state index in [4.69, 9.17) is 9.72 Å². The maximum absolute atomic E-state index is 12.1. The van der Waals surface area contributed by atoms with Crippen molar-refractivity contribution in [3.05, 3.63) is 84.1 Å². The van der Waals surface area contributed by atoms with E-state index in [0.29, 0.717) is 5.69 Å². The molecule has 0 saturated carbocycles. The Hall–Kier alpha value is -3.64. The van der Waals surface area contributed by atoms with Crippen LogP contribution in [0.5, 0.6) is 5.75 Å². The maximum Gasteiger partial charge on any atom is 0.323 e. The van der Waals surface area contributed by atoms with Crippen LogP contribution in [0.4, 0.5) is 10.5 Å². The summed E-state index contributed by atoms with van der Waals surface area (Å²) in [7, 11) is 1.62. The number of carbonyl (C=O) groups excluding carboxylic acids is 1. The number of anilines is 1. The van der Waals surface area contributed by atoms with Gasteiger partial charge in [-0.3, -0.25) is 0 Å². The summed E-state index contributed by atoms with van der Waals surface area (Å²) in [4.78, 5) is 16.8. The van der Waals surface area contributed by atoms with Crippen molar-refractivity contribution >= 4 is 39.3 Å². The molecule has 0 radical (unpaired) electrons. The van der Waals surface area contributed by atoms with Crippen LogP contribution in [-0.2, 0) is 0 Å². The zero-order valence-electron chi connectivity index (χ0n) is 16.7. The molecule has 4 aromatic rings. The van der Waals surface area contributed by atoms with Crippen molar-refractivity contribution in [3.8, 4) is 16.3 Å². The Bertz CT molecular complexity index is 1210. The minimum absolute atomic E-state index is 0.308. The van der Waals surface area contributed by atoms with E-state index in [2.05, 4.69) is 29.7 Å². The minimum Gasteiger partial charge on any atom is -0.497 e. The second-order valence-electron chi connectivity index (χ2n) is 6.78. The van der Waals surface area contributed by atoms with E-state index in [-0.39, 0.29) is 6.03 Å². The maximum atomic E-state index is 12.1. The lowest BCUT2D eigenvalue weighted by atomic mass is 10.2. The summed E-state index contributed by atoms with van der Waals surface area (Å²) in [5.74, 6) is 0.768. The van der Waals surface area contributed by atoms with E-state index in [1.54, 1.807) is 30.7 Å². The van der Waals surface area contributed by atoms with Crippen LogP contribution in [0.25, 0.3) is 26.9 Å². The van der Waals surface area contributed by atoms with E-state index in [0.717, 1.165) is 27.4 Å². The van der Waals surface area contributed by atoms with E-state index >= 15 is 0 Å². The molecule has 0 aliphatic carbocycles. The fourth-order valence-corrected chi connectivity index (χ4v) is 4.05. The van der Waals surface area contributed by atoms with Gasteiger partial charge in [-0.2, -0.15) is 0 Å². The van der Waals surface area contributed by atoms with Gasteiger partial charge in [-0.25, -0.2) is 9.78 Å². The number of benzene rings is 3. The molecule has 2 amide bonds. The third kappa shape index (κ3) is 4.67. The molecule has 0 atom stereocenters. The van der Waals surface area contributed by atoms with Crippen molar-refractivity contribution in [2.45, 2.75) is 6.92 Å². The predicted molar refractivity (Wildman–Crippen MR) is 124 cm³/mol. The normalized spacial score (nSPS) is 11.0. The number of ether oxygens (including phenoxy) is 1. The van der Waals surface area contributed by atoms with Crippen molar-refractivity contribution in [2.24, 2.45) is 0 Å². The number of nitrogens with one attached hydrogen (secondary N) is 2. The molecule has 0 saturated heterocycles. The van der Waals surface area contributed by atoms with Crippen LogP contribution in [-0.4, -0.2) is 18.1 Å². The molecular formula is C24H21N3O2S. The Morgan fingerprint density at radius 2 is 1.90 bits per heavy atom. The number of thiazole rings is 1. The van der Waals surface area contributed by atoms with Crippen molar-refractivity contribution in [1.29, 1.82) is 0 Å². The van der Waals surface area contributed by atoms with Crippen LogP contribution in [0.1, 0.15) is 11.1 Å². The highest BCUT2D eigenvalue weighted by molar-refractivity contribution is 7.21. The van der Waals surface area contributed by atoms with Gasteiger partial charge in [0.05, 0.1) is 17.3 Å². The van der Waals surface area contributed by atoms with Crippen molar-refractivity contribution in [1.82, 2.24) is 10.3 Å². The average molecular weight is 416 g/mol. The number of aromatic nitrogens is 1. The second kappa shape index (κ2) is 8.80. The largest absolute Gasteiger partial charge is 0.497 e. The molecule has 4 rings (SSSR count). The van der Waals surface area contributed by atoms with Gasteiger partial charge in [0, 0.05) is 17.5 Å². The van der Waals surface area contributed by atoms with E-state index < -0.39 is 0 Å². The molecule has 0 aliphatic heterocycles. The number of methoxy groups -OCH3 is 1. The Morgan fingerprint density at radius 1 is 1.07 bits per heavy atom. The van der Waals surface area contributed by atoms with E-state index in [9.17, 15) is 4.79 Å². The smallest absolute Gasteiger partial charge is 0.323 e. The molecular weight excluding hydrogens is 394 g/mol. The predicted octanol–water partition coefficient (Wildman–Crippen LogP) is 6.07. The van der Waals surface area contributed by atoms with E-state index in [1.807, 2.05) is 54.6 Å². The molecule has 0 bridgehead atoms. The summed E-state index contributed by atoms with van der Waals surface area (Å²) < 4.78 is 6.36. The van der Waals surface area contributed by atoms with Crippen LogP contribution in [0.2, 0.25) is 0 Å². The number of hydrogen-bond acceptors (Lipinski definition) is 4. The molecule has 0 fully saturated rings. The number of rotatable bonds is 5. The third-order valence-electron chi connectivity index (χ3n) is 4.52. The third-order valence-corrected chi connectivity index (χ3v) is 5.58. The molecule has 3 aromatic carbocycles. The lowest BCUT2D eigenvalue weighted by Crippen LogP contribution is -2.23. The highest BCUT2D eigenvalue weighted by Crippen LogP contribution is 2.31. The number of aryl methyl sites for hydroxylation is 1. The lowest BCUT2D eigenvalue weighted by Gasteiger charge is -2.05. The minimum atomic E-state index is -0.308. The molecule has 1 aromatic heterocycles. The number of fused-ring (bicyclic) bond motifs is 1. The summed E-state index contributed by atoms with van der Waals surface area (Å²) >= 11 is 1.67. The topological polar surface area (TPSA) is 63.2 Å². The number of hydrogen-bond donors (Lipinski definition) is 2. The second-order valence-corrected chi connectivity index (χ2v) is 7.81. The molecule has 0 unspecified atom stereocenters. The standard InChI is InChI=1S/C24H21N3O2S/c1-16-6-11-21-22(14-16)30-23(27-21)18-7-9-19(10-8-18)26-24(28)25-13-12-17-4-3-5-20(15-17)29-2/h3-15H,1-2H3,(H2,25,26,28)/b13-12+. The lowest BCUT2D eigenvalue weighted by molar-refractivity contribution is 0.255. The first-order valence-corrected chi connectivity index (χ1v) is 10.3. The summed E-state index contributed by atoms with van der Waals surface area (Å²) in [5.41, 5.74) is 4.90. The molecule has 5 nitrogen and oxygen atoms in total. The van der Waals surface area contributed by atoms with Gasteiger partial charge >= 0.3 is 6.03 Å². The molecule has 6 heteroatoms. The van der Waals surface area contributed by atoms with Crippen LogP contribution in [0.15, 0.2) is 72.9 Å². The number of carbonyl (C=O) groups is 1. The van der Waals surface area contributed by atoms with Gasteiger partial charge in [-0.1, -0.05) is 18.2 Å². The molecule has 2 N–H and O–H groups in total. The molecule has 0 aliphatic rings. The van der Waals surface area contributed by atoms with Crippen molar-refractivity contribution in [2.75, 3.05) is 12.4 Å². The quantitative estimate of drug-likeness (QED) is 0.416. The number of amides is 2. The van der Waals surface area contributed by atoms with Crippen LogP contribution >= 0.6 is 11.3 Å². The molecule has 150 valence electrons. The van der Waals surface area contributed by atoms with E-state index in [1.165, 1.54) is 10.3 Å². The van der Waals surface area contributed by atoms with Gasteiger partial charge in [0.15, 0.2) is 0 Å². The van der Waals surface area contributed by atoms with Crippen LogP contribution in [0, 0.1) is 6.92 Å². The number of urea groups is 1. The van der Waals surface area contributed by atoms with Crippen LogP contribution in [0.3, 0.4) is 0 Å². The fourth-order valence-electron chi connectivity index (χ4n) is 2.98. The van der Waals surface area contributed by atoms with Gasteiger partial charge in [-0.05, 0) is 72.7 Å². The Balaban J connectivity index is 1.37. The molecule has 0 spiro atoms.